The molecule has 0 aromatic carbocycles. The van der Waals surface area contributed by atoms with Gasteiger partial charge in [0.2, 0.25) is 0 Å². The number of esters is 3. The van der Waals surface area contributed by atoms with E-state index >= 15 is 0 Å². The highest BCUT2D eigenvalue weighted by Crippen LogP contribution is 2.14. The van der Waals surface area contributed by atoms with Crippen LogP contribution in [0.2, 0.25) is 0 Å². The summed E-state index contributed by atoms with van der Waals surface area (Å²) in [5.41, 5.74) is 0. The predicted molar refractivity (Wildman–Crippen MR) is 302 cm³/mol. The Morgan fingerprint density at radius 2 is 0.586 bits per heavy atom. The van der Waals surface area contributed by atoms with Crippen LogP contribution in [0.15, 0.2) is 134 Å². The second-order valence-electron chi connectivity index (χ2n) is 18.1. The lowest BCUT2D eigenvalue weighted by atomic mass is 10.1. The molecule has 1 atom stereocenters. The average molecular weight is 968 g/mol. The Morgan fingerprint density at radius 1 is 0.300 bits per heavy atom. The van der Waals surface area contributed by atoms with Gasteiger partial charge in [0.15, 0.2) is 6.10 Å². The fraction of sp³-hybridized carbons (Fsp3) is 0.609. The minimum atomic E-state index is -0.821. The second-order valence-corrected chi connectivity index (χ2v) is 18.1. The van der Waals surface area contributed by atoms with Gasteiger partial charge in [0.05, 0.1) is 0 Å². The number of ether oxygens (including phenoxy) is 3. The summed E-state index contributed by atoms with van der Waals surface area (Å²) >= 11 is 0. The molecule has 6 heteroatoms. The number of unbranched alkanes of at least 4 members (excludes halogenated alkanes) is 16. The molecule has 0 spiro atoms. The molecular formula is C64H102O6. The average Bonchev–Trinajstić information content (AvgIpc) is 3.36. The fourth-order valence-electron chi connectivity index (χ4n) is 7.20. The highest BCUT2D eigenvalue weighted by atomic mass is 16.6. The molecule has 0 aliphatic heterocycles. The molecule has 1 unspecified atom stereocenters. The van der Waals surface area contributed by atoms with E-state index in [2.05, 4.69) is 142 Å². The molecule has 0 rings (SSSR count). The number of hydrogen-bond acceptors (Lipinski definition) is 6. The Bertz CT molecular complexity index is 1530. The van der Waals surface area contributed by atoms with Crippen molar-refractivity contribution in [3.63, 3.8) is 0 Å². The van der Waals surface area contributed by atoms with Gasteiger partial charge in [-0.25, -0.2) is 0 Å². The molecule has 6 nitrogen and oxygen atoms in total. The van der Waals surface area contributed by atoms with Gasteiger partial charge in [-0.3, -0.25) is 14.4 Å². The van der Waals surface area contributed by atoms with E-state index in [0.717, 1.165) is 128 Å². The molecule has 0 aromatic heterocycles. The lowest BCUT2D eigenvalue weighted by molar-refractivity contribution is -0.166. The molecule has 0 N–H and O–H groups in total. The standard InChI is InChI=1S/C64H102O6/c1-4-7-10-13-16-19-22-25-27-28-29-30-31-32-33-34-35-36-37-40-42-45-48-51-54-57-63(66)69-60-61(59-68-62(65)56-53-50-47-44-41-38-24-21-18-15-12-9-6-3)70-64(67)58-55-52-49-46-43-39-26-23-20-17-14-11-8-5-2/h7,9-10,12,14,16-19,21,23,25-27,29-30,32-33,38,41,47,50,61H,4-6,8,11,13,15,20,22,24,28,31,34-37,39-40,42-46,48-49,51-60H2,1-3H3/b10-7-,12-9-,17-14-,19-16-,21-18-,26-23-,27-25-,30-29-,33-32-,41-38-,50-47-. The van der Waals surface area contributed by atoms with Gasteiger partial charge in [-0.15, -0.1) is 0 Å². The molecule has 0 radical (unpaired) electrons. The minimum absolute atomic E-state index is 0.113. The summed E-state index contributed by atoms with van der Waals surface area (Å²) in [6.07, 6.45) is 80.3. The summed E-state index contributed by atoms with van der Waals surface area (Å²) in [6, 6.07) is 0. The zero-order valence-corrected chi connectivity index (χ0v) is 45.0. The van der Waals surface area contributed by atoms with Crippen LogP contribution >= 0.6 is 0 Å². The number of carbonyl (C=O) groups is 3. The molecule has 394 valence electrons. The van der Waals surface area contributed by atoms with Gasteiger partial charge in [0.1, 0.15) is 13.2 Å². The first-order valence-corrected chi connectivity index (χ1v) is 28.2. The molecule has 0 amide bonds. The van der Waals surface area contributed by atoms with Crippen LogP contribution < -0.4 is 0 Å². The van der Waals surface area contributed by atoms with E-state index in [-0.39, 0.29) is 37.5 Å². The van der Waals surface area contributed by atoms with Gasteiger partial charge < -0.3 is 14.2 Å². The van der Waals surface area contributed by atoms with E-state index in [4.69, 9.17) is 14.2 Å². The van der Waals surface area contributed by atoms with Crippen molar-refractivity contribution in [2.24, 2.45) is 0 Å². The smallest absolute Gasteiger partial charge is 0.306 e. The van der Waals surface area contributed by atoms with Crippen molar-refractivity contribution >= 4 is 17.9 Å². The van der Waals surface area contributed by atoms with Crippen LogP contribution in [0, 0.1) is 0 Å². The van der Waals surface area contributed by atoms with Crippen LogP contribution in [0.1, 0.15) is 233 Å². The molecule has 0 saturated heterocycles. The van der Waals surface area contributed by atoms with Gasteiger partial charge in [0.25, 0.3) is 0 Å². The van der Waals surface area contributed by atoms with Crippen LogP contribution in [0.3, 0.4) is 0 Å². The van der Waals surface area contributed by atoms with Crippen LogP contribution in [0.25, 0.3) is 0 Å². The molecule has 0 aliphatic carbocycles. The topological polar surface area (TPSA) is 78.9 Å². The van der Waals surface area contributed by atoms with E-state index in [1.807, 2.05) is 12.2 Å². The first-order chi connectivity index (χ1) is 34.5. The lowest BCUT2D eigenvalue weighted by Crippen LogP contribution is -2.30. The molecule has 0 bridgehead atoms. The third-order valence-electron chi connectivity index (χ3n) is 11.4. The molecular weight excluding hydrogens is 865 g/mol. The monoisotopic (exact) mass is 967 g/mol. The first kappa shape index (κ1) is 65.5. The Kier molecular flexibility index (Phi) is 53.5. The van der Waals surface area contributed by atoms with Gasteiger partial charge >= 0.3 is 17.9 Å². The van der Waals surface area contributed by atoms with Crippen molar-refractivity contribution in [1.82, 2.24) is 0 Å². The Labute approximate surface area is 430 Å². The van der Waals surface area contributed by atoms with Gasteiger partial charge in [-0.2, -0.15) is 0 Å². The van der Waals surface area contributed by atoms with Gasteiger partial charge in [0, 0.05) is 19.3 Å². The van der Waals surface area contributed by atoms with E-state index < -0.39 is 6.10 Å². The lowest BCUT2D eigenvalue weighted by Gasteiger charge is -2.18. The molecule has 0 saturated carbocycles. The normalized spacial score (nSPS) is 13.1. The number of carbonyl (C=O) groups excluding carboxylic acids is 3. The first-order valence-electron chi connectivity index (χ1n) is 28.2. The number of hydrogen-bond donors (Lipinski definition) is 0. The maximum Gasteiger partial charge on any atom is 0.306 e. The van der Waals surface area contributed by atoms with Crippen molar-refractivity contribution < 1.29 is 28.6 Å². The number of rotatable bonds is 49. The van der Waals surface area contributed by atoms with Crippen LogP contribution in [-0.2, 0) is 28.6 Å². The van der Waals surface area contributed by atoms with E-state index in [0.29, 0.717) is 19.3 Å². The zero-order valence-electron chi connectivity index (χ0n) is 45.0. The van der Waals surface area contributed by atoms with Crippen LogP contribution in [0.4, 0.5) is 0 Å². The van der Waals surface area contributed by atoms with Crippen molar-refractivity contribution in [2.75, 3.05) is 13.2 Å². The number of allylic oxidation sites excluding steroid dienone is 22. The zero-order chi connectivity index (χ0) is 50.7. The molecule has 0 aliphatic rings. The Hall–Kier alpha value is -4.45. The SMILES string of the molecule is CC/C=C\C/C=C\C/C=C\C/C=C\C/C=C\CCCCCCCCCCCC(=O)OCC(COC(=O)CC/C=C\C/C=C\C/C=C\C/C=C\CC)OC(=O)CCCCCCC/C=C\C/C=C\CCCC. The molecule has 70 heavy (non-hydrogen) atoms. The van der Waals surface area contributed by atoms with E-state index in [1.54, 1.807) is 0 Å². The highest BCUT2D eigenvalue weighted by molar-refractivity contribution is 5.71. The van der Waals surface area contributed by atoms with Crippen molar-refractivity contribution in [3.05, 3.63) is 134 Å². The van der Waals surface area contributed by atoms with Gasteiger partial charge in [-0.05, 0) is 116 Å². The molecule has 0 aromatic rings. The maximum atomic E-state index is 12.8. The van der Waals surface area contributed by atoms with Gasteiger partial charge in [-0.1, -0.05) is 231 Å². The second kappa shape index (κ2) is 57.1. The van der Waals surface area contributed by atoms with E-state index in [1.165, 1.54) is 57.8 Å². The predicted octanol–water partition coefficient (Wildman–Crippen LogP) is 19.0. The minimum Gasteiger partial charge on any atom is -0.462 e. The molecule has 0 heterocycles. The van der Waals surface area contributed by atoms with Crippen molar-refractivity contribution in [1.29, 1.82) is 0 Å². The van der Waals surface area contributed by atoms with Crippen LogP contribution in [0.5, 0.6) is 0 Å². The highest BCUT2D eigenvalue weighted by Gasteiger charge is 2.19. The third-order valence-corrected chi connectivity index (χ3v) is 11.4. The quantitative estimate of drug-likeness (QED) is 0.0262. The summed E-state index contributed by atoms with van der Waals surface area (Å²) in [7, 11) is 0. The summed E-state index contributed by atoms with van der Waals surface area (Å²) < 4.78 is 16.7. The largest absolute Gasteiger partial charge is 0.462 e. The molecule has 0 fully saturated rings. The van der Waals surface area contributed by atoms with Crippen molar-refractivity contribution in [2.45, 2.75) is 239 Å². The van der Waals surface area contributed by atoms with Crippen molar-refractivity contribution in [3.8, 4) is 0 Å². The fourth-order valence-corrected chi connectivity index (χ4v) is 7.20. The summed E-state index contributed by atoms with van der Waals surface area (Å²) in [5.74, 6) is -1.02. The van der Waals surface area contributed by atoms with Crippen LogP contribution in [-0.4, -0.2) is 37.2 Å². The summed E-state index contributed by atoms with van der Waals surface area (Å²) in [4.78, 5) is 38.1. The Morgan fingerprint density at radius 3 is 0.957 bits per heavy atom. The Balaban J connectivity index is 4.40. The third kappa shape index (κ3) is 54.5. The van der Waals surface area contributed by atoms with E-state index in [9.17, 15) is 14.4 Å². The maximum absolute atomic E-state index is 12.8. The summed E-state index contributed by atoms with van der Waals surface area (Å²) in [6.45, 7) is 6.27. The summed E-state index contributed by atoms with van der Waals surface area (Å²) in [5, 5.41) is 0.